The maximum atomic E-state index is 11.8. The van der Waals surface area contributed by atoms with Gasteiger partial charge in [-0.15, -0.1) is 0 Å². The number of phosphoric ester groups is 1. The molecule has 7 atom stereocenters. The number of halogens is 1. The molecule has 3 unspecified atom stereocenters. The van der Waals surface area contributed by atoms with E-state index in [1.165, 1.54) is 0 Å². The van der Waals surface area contributed by atoms with Crippen molar-refractivity contribution in [1.29, 1.82) is 0 Å². The van der Waals surface area contributed by atoms with Crippen LogP contribution >= 0.6 is 39.4 Å². The zero-order valence-electron chi connectivity index (χ0n) is 17.9. The molecular formula is C9H10BrN2Na4O15P3. The van der Waals surface area contributed by atoms with Gasteiger partial charge in [0.1, 0.15) is 23.3 Å². The minimum atomic E-state index is -6.21. The van der Waals surface area contributed by atoms with Gasteiger partial charge in [0.05, 0.1) is 7.82 Å². The number of hydrogen-bond acceptors (Lipinski definition) is 15. The SMILES string of the molecule is O=c1ccn([C@@H]2O[C@H](C(Br)OP(=O)([O-])OP(=O)([O-])OP(=O)([O-])[O-])[C@@H](O)[C@H]2O)c(=O)[nH]1.[Na+].[Na+].[Na+].[Na+]. The Morgan fingerprint density at radius 3 is 2.00 bits per heavy atom. The molecule has 1 fully saturated rings. The largest absolute Gasteiger partial charge is 1.00 e. The number of aromatic nitrogens is 2. The molecule has 2 rings (SSSR count). The number of nitrogens with zero attached hydrogens (tertiary/aromatic N) is 1. The van der Waals surface area contributed by atoms with E-state index in [1.54, 1.807) is 0 Å². The van der Waals surface area contributed by atoms with Gasteiger partial charge in [0, 0.05) is 12.3 Å². The van der Waals surface area contributed by atoms with Gasteiger partial charge in [0.15, 0.2) is 6.23 Å². The summed E-state index contributed by atoms with van der Waals surface area (Å²) in [6, 6.07) is 0.884. The molecule has 17 nitrogen and oxygen atoms in total. The number of phosphoric acid groups is 3. The van der Waals surface area contributed by atoms with Gasteiger partial charge in [-0.05, 0) is 0 Å². The van der Waals surface area contributed by atoms with Crippen LogP contribution in [0.5, 0.6) is 0 Å². The first-order valence-electron chi connectivity index (χ1n) is 7.24. The van der Waals surface area contributed by atoms with Crippen molar-refractivity contribution < 1.29 is 180 Å². The Kier molecular flexibility index (Phi) is 20.5. The summed E-state index contributed by atoms with van der Waals surface area (Å²) in [6.45, 7) is 0. The summed E-state index contributed by atoms with van der Waals surface area (Å²) in [5.41, 5.74) is -1.83. The Hall–Kier alpha value is 3.45. The molecular weight excluding hydrogens is 641 g/mol. The molecule has 0 aromatic carbocycles. The fourth-order valence-corrected chi connectivity index (χ4v) is 6.14. The van der Waals surface area contributed by atoms with E-state index in [1.807, 2.05) is 4.98 Å². The number of hydrogen-bond donors (Lipinski definition) is 3. The van der Waals surface area contributed by atoms with Crippen molar-refractivity contribution in [2.45, 2.75) is 29.6 Å². The number of ether oxygens (including phenoxy) is 1. The second kappa shape index (κ2) is 16.7. The third-order valence-electron chi connectivity index (χ3n) is 3.29. The Labute approximate surface area is 287 Å². The Balaban J connectivity index is -0.00000240. The molecule has 1 aromatic heterocycles. The third-order valence-corrected chi connectivity index (χ3v) is 7.97. The first kappa shape index (κ1) is 41.9. The van der Waals surface area contributed by atoms with Crippen molar-refractivity contribution >= 4 is 39.4 Å². The average Bonchev–Trinajstić information content (AvgIpc) is 2.79. The predicted octanol–water partition coefficient (Wildman–Crippen LogP) is -16.3. The summed E-state index contributed by atoms with van der Waals surface area (Å²) in [5, 5.41) is 18.1. The van der Waals surface area contributed by atoms with Gasteiger partial charge >= 0.3 is 124 Å². The van der Waals surface area contributed by atoms with E-state index in [4.69, 9.17) is 4.74 Å². The Bertz CT molecular complexity index is 1050. The number of aromatic amines is 1. The van der Waals surface area contributed by atoms with Gasteiger partial charge in [-0.3, -0.25) is 27.8 Å². The van der Waals surface area contributed by atoms with E-state index in [2.05, 4.69) is 29.1 Å². The van der Waals surface area contributed by atoms with Gasteiger partial charge in [0.25, 0.3) is 21.2 Å². The van der Waals surface area contributed by atoms with Crippen LogP contribution in [0.25, 0.3) is 0 Å². The van der Waals surface area contributed by atoms with Crippen molar-refractivity contribution in [2.24, 2.45) is 0 Å². The summed E-state index contributed by atoms with van der Waals surface area (Å²) in [6.07, 6.45) is -6.27. The van der Waals surface area contributed by atoms with E-state index in [9.17, 15) is 53.1 Å². The standard InChI is InChI=1S/C9H14BrN2O15P3.4Na/c10-7(25-29(20,21)27-30(22,23)26-28(17,18)19)6-4(14)5(15)8(24-6)12-2-1-3(13)11-9(12)16;;;;/h1-2,4-8,14-15H,(H,20,21)(H,22,23)(H,11,13,16)(H2,17,18,19);;;;/q;4*+1/p-4/t4-,5+,6-,7?,8+;;;;/m0..../s1. The van der Waals surface area contributed by atoms with Crippen LogP contribution in [-0.4, -0.2) is 43.1 Å². The van der Waals surface area contributed by atoms with Crippen molar-refractivity contribution in [3.05, 3.63) is 33.1 Å². The number of aliphatic hydroxyl groups excluding tert-OH is 2. The monoisotopic (exact) mass is 650 g/mol. The van der Waals surface area contributed by atoms with Crippen LogP contribution in [0.2, 0.25) is 0 Å². The van der Waals surface area contributed by atoms with E-state index in [0.717, 1.165) is 12.3 Å². The summed E-state index contributed by atoms with van der Waals surface area (Å²) in [5.74, 6) is 0. The number of nitrogens with one attached hydrogen (secondary N) is 1. The van der Waals surface area contributed by atoms with Crippen molar-refractivity contribution in [1.82, 2.24) is 9.55 Å². The minimum Gasteiger partial charge on any atom is -0.790 e. The summed E-state index contributed by atoms with van der Waals surface area (Å²) in [7, 11) is -18.3. The number of alkyl halides is 1. The molecule has 0 bridgehead atoms. The Morgan fingerprint density at radius 2 is 1.53 bits per heavy atom. The molecule has 2 heterocycles. The van der Waals surface area contributed by atoms with Crippen LogP contribution < -0.4 is 149 Å². The van der Waals surface area contributed by atoms with Crippen LogP contribution in [0.3, 0.4) is 0 Å². The first-order valence-corrected chi connectivity index (χ1v) is 12.5. The van der Waals surface area contributed by atoms with E-state index in [-0.39, 0.29) is 118 Å². The fraction of sp³-hybridized carbons (Fsp3) is 0.556. The van der Waals surface area contributed by atoms with Gasteiger partial charge in [-0.2, -0.15) is 0 Å². The zero-order chi connectivity index (χ0) is 23.1. The second-order valence-electron chi connectivity index (χ2n) is 5.45. The molecule has 172 valence electrons. The number of H-pyrrole nitrogens is 1. The quantitative estimate of drug-likeness (QED) is 0.134. The van der Waals surface area contributed by atoms with Gasteiger partial charge in [0.2, 0.25) is 0 Å². The Morgan fingerprint density at radius 1 is 1.00 bits per heavy atom. The molecule has 0 aliphatic carbocycles. The summed E-state index contributed by atoms with van der Waals surface area (Å²) in [4.78, 5) is 68.1. The molecule has 1 aliphatic rings. The zero-order valence-corrected chi connectivity index (χ0v) is 30.2. The molecule has 0 spiro atoms. The molecule has 34 heavy (non-hydrogen) atoms. The predicted molar refractivity (Wildman–Crippen MR) is 86.0 cm³/mol. The summed E-state index contributed by atoms with van der Waals surface area (Å²) < 4.78 is 49.5. The molecule has 0 saturated carbocycles. The van der Waals surface area contributed by atoms with E-state index in [0.29, 0.717) is 4.57 Å². The van der Waals surface area contributed by atoms with E-state index < -0.39 is 64.3 Å². The molecule has 1 aromatic rings. The number of aliphatic hydroxyl groups is 2. The minimum absolute atomic E-state index is 0. The van der Waals surface area contributed by atoms with Crippen LogP contribution in [0, 0.1) is 0 Å². The normalized spacial score (nSPS) is 26.3. The van der Waals surface area contributed by atoms with Crippen molar-refractivity contribution in [2.75, 3.05) is 0 Å². The van der Waals surface area contributed by atoms with Gasteiger partial charge in [-0.1, -0.05) is 15.9 Å². The second-order valence-corrected chi connectivity index (χ2v) is 10.6. The molecule has 3 N–H and O–H groups in total. The fourth-order valence-electron chi connectivity index (χ4n) is 2.22. The maximum Gasteiger partial charge on any atom is 1.00 e. The molecule has 1 saturated heterocycles. The third kappa shape index (κ3) is 12.7. The maximum absolute atomic E-state index is 11.8. The molecule has 25 heteroatoms. The van der Waals surface area contributed by atoms with Crippen molar-refractivity contribution in [3.8, 4) is 0 Å². The molecule has 0 radical (unpaired) electrons. The first-order chi connectivity index (χ1) is 13.5. The molecule has 0 amide bonds. The number of rotatable bonds is 8. The van der Waals surface area contributed by atoms with Crippen LogP contribution in [0.15, 0.2) is 21.9 Å². The molecule has 1 aliphatic heterocycles. The van der Waals surface area contributed by atoms with Crippen molar-refractivity contribution in [3.63, 3.8) is 0 Å². The topological polar surface area (TPSA) is 276 Å². The van der Waals surface area contributed by atoms with E-state index >= 15 is 0 Å². The van der Waals surface area contributed by atoms with Crippen LogP contribution in [-0.2, 0) is 31.6 Å². The van der Waals surface area contributed by atoms with Crippen LogP contribution in [0.1, 0.15) is 6.23 Å². The van der Waals surface area contributed by atoms with Gasteiger partial charge < -0.3 is 43.6 Å². The van der Waals surface area contributed by atoms with Gasteiger partial charge in [-0.25, -0.2) is 9.11 Å². The average molecular weight is 651 g/mol. The summed E-state index contributed by atoms with van der Waals surface area (Å²) >= 11 is 2.58. The van der Waals surface area contributed by atoms with Crippen LogP contribution in [0.4, 0.5) is 0 Å². The smallest absolute Gasteiger partial charge is 0.790 e.